The molecule has 2 aromatic rings. The minimum atomic E-state index is -1.78. The molecule has 14 heteroatoms. The van der Waals surface area contributed by atoms with Gasteiger partial charge in [0.25, 0.3) is 11.8 Å². The van der Waals surface area contributed by atoms with Crippen molar-refractivity contribution >= 4 is 64.0 Å². The summed E-state index contributed by atoms with van der Waals surface area (Å²) in [6.45, 7) is 1.32. The summed E-state index contributed by atoms with van der Waals surface area (Å²) >= 11 is 2.10. The highest BCUT2D eigenvalue weighted by Gasteiger charge is 2.62. The highest BCUT2D eigenvalue weighted by Crippen LogP contribution is 2.46. The lowest BCUT2D eigenvalue weighted by Crippen LogP contribution is -2.74. The number of aryl methyl sites for hydroxylation is 1. The molecule has 0 aliphatic carbocycles. The third kappa shape index (κ3) is 3.95. The number of hydrogen-bond donors (Lipinski definition) is 1. The summed E-state index contributed by atoms with van der Waals surface area (Å²) < 4.78 is 16.1. The number of hydrogen-bond acceptors (Lipinski definition) is 9. The van der Waals surface area contributed by atoms with Gasteiger partial charge >= 0.3 is 5.97 Å². The van der Waals surface area contributed by atoms with Gasteiger partial charge in [-0.05, 0) is 11.4 Å². The monoisotopic (exact) mass is 501 g/mol. The molecule has 0 bridgehead atoms. The number of fused-ring (bicyclic) bond motifs is 1. The molecule has 0 radical (unpaired) electrons. The van der Waals surface area contributed by atoms with Crippen LogP contribution in [0.2, 0.25) is 0 Å². The van der Waals surface area contributed by atoms with E-state index in [0.717, 1.165) is 9.33 Å². The molecule has 4 rings (SSSR count). The van der Waals surface area contributed by atoms with Gasteiger partial charge in [0.2, 0.25) is 4.21 Å². The molecule has 3 unspecified atom stereocenters. The van der Waals surface area contributed by atoms with Gasteiger partial charge in [0.1, 0.15) is 27.2 Å². The zero-order valence-corrected chi connectivity index (χ0v) is 19.8. The number of carboxylic acid groups (broad SMARTS) is 1. The van der Waals surface area contributed by atoms with E-state index in [0.29, 0.717) is 4.21 Å². The maximum absolute atomic E-state index is 13.0. The second-order valence-corrected chi connectivity index (χ2v) is 11.8. The quantitative estimate of drug-likeness (QED) is 0.334. The highest BCUT2D eigenvalue weighted by atomic mass is 32.2. The molecule has 2 amide bonds. The van der Waals surface area contributed by atoms with E-state index in [1.54, 1.807) is 35.4 Å². The van der Waals surface area contributed by atoms with Crippen molar-refractivity contribution in [3.8, 4) is 0 Å². The Bertz CT molecular complexity index is 1000. The Morgan fingerprint density at radius 3 is 2.87 bits per heavy atom. The number of thioether (sulfide) groups is 2. The molecule has 0 spiro atoms. The Labute approximate surface area is 193 Å². The molecule has 1 N–H and O–H groups in total. The lowest BCUT2D eigenvalue weighted by atomic mass is 9.89. The first-order chi connectivity index (χ1) is 14.7. The van der Waals surface area contributed by atoms with Gasteiger partial charge in [0.15, 0.2) is 6.04 Å². The summed E-state index contributed by atoms with van der Waals surface area (Å²) in [5, 5.41) is 19.7. The molecule has 2 aromatic heterocycles. The molecular formula is C17H19N5O5S4. The minimum Gasteiger partial charge on any atom is -0.587 e. The third-order valence-corrected chi connectivity index (χ3v) is 10.8. The predicted octanol–water partition coefficient (Wildman–Crippen LogP) is 0.895. The summed E-state index contributed by atoms with van der Waals surface area (Å²) in [4.78, 5) is 38.9. The molecule has 2 aliphatic rings. The van der Waals surface area contributed by atoms with Gasteiger partial charge < -0.3 is 14.6 Å². The molecule has 166 valence electrons. The number of thiophene rings is 1. The van der Waals surface area contributed by atoms with E-state index >= 15 is 0 Å². The number of carbonyl (C=O) groups excluding carboxylic acids is 2. The van der Waals surface area contributed by atoms with Gasteiger partial charge in [-0.3, -0.25) is 14.4 Å². The van der Waals surface area contributed by atoms with Crippen LogP contribution in [0.5, 0.6) is 0 Å². The van der Waals surface area contributed by atoms with Crippen molar-refractivity contribution in [2.75, 3.05) is 18.1 Å². The van der Waals surface area contributed by atoms with E-state index in [9.17, 15) is 24.0 Å². The number of nitrogens with zero attached hydrogens (tertiary/aromatic N) is 5. The normalized spacial score (nSPS) is 26.2. The zero-order valence-electron chi connectivity index (χ0n) is 16.5. The summed E-state index contributed by atoms with van der Waals surface area (Å²) in [7, 11) is 1.72. The van der Waals surface area contributed by atoms with Crippen LogP contribution >= 0.6 is 34.9 Å². The van der Waals surface area contributed by atoms with Crippen LogP contribution in [0.25, 0.3) is 0 Å². The zero-order chi connectivity index (χ0) is 22.3. The second kappa shape index (κ2) is 8.65. The van der Waals surface area contributed by atoms with Crippen molar-refractivity contribution in [1.29, 1.82) is 0 Å². The number of aliphatic carboxylic acids is 1. The van der Waals surface area contributed by atoms with E-state index < -0.39 is 40.1 Å². The molecule has 2 fully saturated rings. The van der Waals surface area contributed by atoms with Crippen molar-refractivity contribution in [2.24, 2.45) is 12.5 Å². The van der Waals surface area contributed by atoms with E-state index in [1.165, 1.54) is 46.7 Å². The van der Waals surface area contributed by atoms with Crippen molar-refractivity contribution < 1.29 is 24.0 Å². The van der Waals surface area contributed by atoms with Crippen molar-refractivity contribution in [3.63, 3.8) is 0 Å². The van der Waals surface area contributed by atoms with Crippen LogP contribution in [0.1, 0.15) is 6.92 Å². The third-order valence-electron chi connectivity index (χ3n) is 5.15. The van der Waals surface area contributed by atoms with Crippen LogP contribution in [0, 0.1) is 5.41 Å². The molecule has 2 aliphatic heterocycles. The average Bonchev–Trinajstić information content (AvgIpc) is 3.41. The predicted molar refractivity (Wildman–Crippen MR) is 117 cm³/mol. The van der Waals surface area contributed by atoms with Crippen molar-refractivity contribution in [3.05, 3.63) is 23.7 Å². The number of aromatic nitrogens is 3. The largest absolute Gasteiger partial charge is 0.587 e. The first-order valence-electron chi connectivity index (χ1n) is 9.13. The number of carbonyl (C=O) groups is 3. The fraction of sp³-hybridized carbons (Fsp3) is 0.471. The summed E-state index contributed by atoms with van der Waals surface area (Å²) in [5.41, 5.74) is -1.15. The van der Waals surface area contributed by atoms with Crippen LogP contribution < -0.4 is 0 Å². The number of carboxylic acids is 1. The standard InChI is InChI=1S/C17H19N5O5S4/c1-10(23)22(31(27)12-4-3-5-28-12)13-14(24)21-7-17(16(25)26,9-30-15(13)21)8-29-11-6-18-19-20(11)2/h3-6,13,15H,7-9H2,1-2H3,(H,25,26)/t13?,15-,17?,31?/m1/s1. The van der Waals surface area contributed by atoms with Crippen molar-refractivity contribution in [1.82, 2.24) is 24.2 Å². The smallest absolute Gasteiger partial charge is 0.313 e. The van der Waals surface area contributed by atoms with E-state index in [-0.39, 0.29) is 24.0 Å². The van der Waals surface area contributed by atoms with Crippen LogP contribution in [0.3, 0.4) is 0 Å². The van der Waals surface area contributed by atoms with Gasteiger partial charge in [-0.15, -0.1) is 32.9 Å². The number of rotatable bonds is 7. The number of amides is 2. The van der Waals surface area contributed by atoms with Gasteiger partial charge in [0.05, 0.1) is 6.20 Å². The SMILES string of the molecule is CC(=O)N(C1C(=O)N2CC(CSc3cnnn3C)(C(=O)O)CS[C@H]12)[S+]([O-])c1cccs1. The first-order valence-corrected chi connectivity index (χ1v) is 13.2. The minimum absolute atomic E-state index is 0.0327. The van der Waals surface area contributed by atoms with Gasteiger partial charge in [-0.2, -0.15) is 0 Å². The van der Waals surface area contributed by atoms with Gasteiger partial charge in [-0.25, -0.2) is 4.68 Å². The lowest BCUT2D eigenvalue weighted by Gasteiger charge is -2.54. The molecular weight excluding hydrogens is 482 g/mol. The summed E-state index contributed by atoms with van der Waals surface area (Å²) in [6.07, 6.45) is 1.56. The molecule has 4 atom stereocenters. The van der Waals surface area contributed by atoms with Crippen LogP contribution in [0.15, 0.2) is 32.9 Å². The topological polar surface area (TPSA) is 132 Å². The van der Waals surface area contributed by atoms with E-state index in [2.05, 4.69) is 10.3 Å². The Kier molecular flexibility index (Phi) is 6.27. The highest BCUT2D eigenvalue weighted by molar-refractivity contribution is 8.00. The molecule has 0 saturated carbocycles. The molecule has 2 saturated heterocycles. The Morgan fingerprint density at radius 1 is 1.52 bits per heavy atom. The maximum atomic E-state index is 13.0. The van der Waals surface area contributed by atoms with Crippen LogP contribution in [-0.2, 0) is 32.8 Å². The van der Waals surface area contributed by atoms with E-state index in [4.69, 9.17) is 0 Å². The van der Waals surface area contributed by atoms with Gasteiger partial charge in [0, 0.05) is 38.1 Å². The fourth-order valence-corrected chi connectivity index (χ4v) is 8.56. The van der Waals surface area contributed by atoms with Crippen molar-refractivity contribution in [2.45, 2.75) is 27.6 Å². The lowest BCUT2D eigenvalue weighted by molar-refractivity contribution is -0.161. The van der Waals surface area contributed by atoms with E-state index in [1.807, 2.05) is 0 Å². The number of β-lactam (4-membered cyclic amide) rings is 1. The maximum Gasteiger partial charge on any atom is 0.313 e. The molecule has 31 heavy (non-hydrogen) atoms. The molecule has 10 nitrogen and oxygen atoms in total. The Balaban J connectivity index is 1.50. The fourth-order valence-electron chi connectivity index (χ4n) is 3.46. The summed E-state index contributed by atoms with van der Waals surface area (Å²) in [6, 6.07) is 2.52. The molecule has 0 aromatic carbocycles. The average molecular weight is 502 g/mol. The molecule has 4 heterocycles. The Morgan fingerprint density at radius 2 is 2.29 bits per heavy atom. The Hall–Kier alpha value is -1.74. The van der Waals surface area contributed by atoms with Crippen LogP contribution in [0.4, 0.5) is 0 Å². The summed E-state index contributed by atoms with van der Waals surface area (Å²) in [5.74, 6) is -1.31. The van der Waals surface area contributed by atoms with Crippen LogP contribution in [-0.4, -0.2) is 81.1 Å². The van der Waals surface area contributed by atoms with Gasteiger partial charge in [-0.1, -0.05) is 16.6 Å². The first kappa shape index (κ1) is 22.5. The second-order valence-electron chi connectivity index (χ2n) is 7.21.